The van der Waals surface area contributed by atoms with E-state index in [4.69, 9.17) is 4.74 Å². The predicted octanol–water partition coefficient (Wildman–Crippen LogP) is 8.50. The second-order valence-corrected chi connectivity index (χ2v) is 7.86. The number of aryl methyl sites for hydroxylation is 2. The van der Waals surface area contributed by atoms with Gasteiger partial charge in [-0.25, -0.2) is 13.2 Å². The molecule has 0 aliphatic rings. The first-order valence-electron chi connectivity index (χ1n) is 10.8. The molecular formula is C29H27F3O. The predicted molar refractivity (Wildman–Crippen MR) is 129 cm³/mol. The number of hydrogen-bond acceptors (Lipinski definition) is 1. The quantitative estimate of drug-likeness (QED) is 0.235. The van der Waals surface area contributed by atoms with Crippen LogP contribution in [0, 0.1) is 18.6 Å². The molecule has 0 unspecified atom stereocenters. The Balaban J connectivity index is 1.70. The van der Waals surface area contributed by atoms with E-state index in [1.165, 1.54) is 6.08 Å². The second-order valence-electron chi connectivity index (χ2n) is 7.86. The van der Waals surface area contributed by atoms with Crippen molar-refractivity contribution < 1.29 is 17.9 Å². The number of benzene rings is 3. The summed E-state index contributed by atoms with van der Waals surface area (Å²) in [6.07, 6.45) is 2.49. The summed E-state index contributed by atoms with van der Waals surface area (Å²) in [6.45, 7) is 11.4. The van der Waals surface area contributed by atoms with Crippen LogP contribution in [0.3, 0.4) is 0 Å². The van der Waals surface area contributed by atoms with Crippen molar-refractivity contribution in [2.75, 3.05) is 6.61 Å². The monoisotopic (exact) mass is 448 g/mol. The zero-order valence-electron chi connectivity index (χ0n) is 18.9. The summed E-state index contributed by atoms with van der Waals surface area (Å²) < 4.78 is 48.6. The van der Waals surface area contributed by atoms with Gasteiger partial charge in [-0.2, -0.15) is 0 Å². The summed E-state index contributed by atoms with van der Waals surface area (Å²) in [5.41, 5.74) is 4.30. The lowest BCUT2D eigenvalue weighted by Crippen LogP contribution is -1.95. The molecule has 0 saturated carbocycles. The highest BCUT2D eigenvalue weighted by molar-refractivity contribution is 5.72. The lowest BCUT2D eigenvalue weighted by molar-refractivity contribution is 0.226. The van der Waals surface area contributed by atoms with E-state index in [9.17, 15) is 13.2 Å². The molecule has 0 atom stereocenters. The Morgan fingerprint density at radius 3 is 1.88 bits per heavy atom. The number of halogens is 3. The van der Waals surface area contributed by atoms with Gasteiger partial charge in [0.2, 0.25) is 0 Å². The minimum absolute atomic E-state index is 0.00865. The minimum atomic E-state index is -0.871. The summed E-state index contributed by atoms with van der Waals surface area (Å²) in [5.74, 6) is -2.28. The third kappa shape index (κ3) is 6.04. The van der Waals surface area contributed by atoms with Crippen LogP contribution >= 0.6 is 0 Å². The van der Waals surface area contributed by atoms with Crippen LogP contribution in [-0.4, -0.2) is 6.61 Å². The van der Waals surface area contributed by atoms with Gasteiger partial charge in [0.25, 0.3) is 0 Å². The van der Waals surface area contributed by atoms with Crippen molar-refractivity contribution in [3.05, 3.63) is 120 Å². The van der Waals surface area contributed by atoms with Crippen LogP contribution in [0.5, 0.6) is 0 Å². The van der Waals surface area contributed by atoms with Gasteiger partial charge in [-0.3, -0.25) is 0 Å². The molecule has 0 saturated heterocycles. The molecule has 0 aliphatic heterocycles. The molecule has 0 radical (unpaired) electrons. The van der Waals surface area contributed by atoms with Gasteiger partial charge in [-0.1, -0.05) is 85.0 Å². The average Bonchev–Trinajstić information content (AvgIpc) is 2.81. The first-order chi connectivity index (χ1) is 15.8. The summed E-state index contributed by atoms with van der Waals surface area (Å²) in [4.78, 5) is 0. The van der Waals surface area contributed by atoms with Crippen LogP contribution in [0.2, 0.25) is 0 Å². The highest BCUT2D eigenvalue weighted by Crippen LogP contribution is 2.32. The largest absolute Gasteiger partial charge is 0.491 e. The number of rotatable bonds is 9. The lowest BCUT2D eigenvalue weighted by atomic mass is 9.97. The standard InChI is InChI=1S/C29H27F3O/c1-5-33-21(4)27(30)18-20(3)6-9-22-10-14-24(15-11-22)26-17-16-25(28(31)29(26)32)23-12-7-19(2)8-13-23/h7-8,10-18H,3-6,9H2,1-2H3/b27-18+. The second kappa shape index (κ2) is 10.9. The lowest BCUT2D eigenvalue weighted by Gasteiger charge is -2.10. The number of ether oxygens (including phenoxy) is 1. The Labute approximate surface area is 193 Å². The Hall–Kier alpha value is -3.53. The highest BCUT2D eigenvalue weighted by Gasteiger charge is 2.16. The van der Waals surface area contributed by atoms with Crippen molar-refractivity contribution in [1.82, 2.24) is 0 Å². The molecule has 3 aromatic carbocycles. The maximum Gasteiger partial charge on any atom is 0.167 e. The fourth-order valence-electron chi connectivity index (χ4n) is 3.46. The molecular weight excluding hydrogens is 421 g/mol. The smallest absolute Gasteiger partial charge is 0.167 e. The van der Waals surface area contributed by atoms with Gasteiger partial charge >= 0.3 is 0 Å². The maximum absolute atomic E-state index is 14.9. The van der Waals surface area contributed by atoms with Crippen LogP contribution in [0.1, 0.15) is 24.5 Å². The van der Waals surface area contributed by atoms with E-state index >= 15 is 0 Å². The Morgan fingerprint density at radius 2 is 1.36 bits per heavy atom. The summed E-state index contributed by atoms with van der Waals surface area (Å²) in [5, 5.41) is 0. The molecule has 0 bridgehead atoms. The fraction of sp³-hybridized carbons (Fsp3) is 0.172. The van der Waals surface area contributed by atoms with Gasteiger partial charge in [0.15, 0.2) is 17.5 Å². The van der Waals surface area contributed by atoms with Crippen LogP contribution in [-0.2, 0) is 11.2 Å². The van der Waals surface area contributed by atoms with E-state index in [0.29, 0.717) is 36.1 Å². The van der Waals surface area contributed by atoms with Gasteiger partial charge in [-0.05, 0) is 49.5 Å². The first-order valence-corrected chi connectivity index (χ1v) is 10.8. The molecule has 0 aromatic heterocycles. The van der Waals surface area contributed by atoms with Crippen LogP contribution in [0.4, 0.5) is 13.2 Å². The van der Waals surface area contributed by atoms with Gasteiger partial charge in [0.1, 0.15) is 5.76 Å². The molecule has 0 spiro atoms. The molecule has 0 N–H and O–H groups in total. The average molecular weight is 449 g/mol. The molecule has 0 amide bonds. The van der Waals surface area contributed by atoms with Crippen LogP contribution in [0.15, 0.2) is 97.1 Å². The van der Waals surface area contributed by atoms with Crippen molar-refractivity contribution in [2.24, 2.45) is 0 Å². The third-order valence-corrected chi connectivity index (χ3v) is 5.36. The molecule has 170 valence electrons. The van der Waals surface area contributed by atoms with Crippen molar-refractivity contribution >= 4 is 0 Å². The van der Waals surface area contributed by atoms with Gasteiger partial charge in [-0.15, -0.1) is 0 Å². The Kier molecular flexibility index (Phi) is 7.94. The highest BCUT2D eigenvalue weighted by atomic mass is 19.2. The third-order valence-electron chi connectivity index (χ3n) is 5.36. The van der Waals surface area contributed by atoms with E-state index in [-0.39, 0.29) is 16.9 Å². The Morgan fingerprint density at radius 1 is 0.848 bits per heavy atom. The van der Waals surface area contributed by atoms with Crippen LogP contribution in [0.25, 0.3) is 22.3 Å². The normalized spacial score (nSPS) is 11.4. The summed E-state index contributed by atoms with van der Waals surface area (Å²) in [7, 11) is 0. The zero-order valence-corrected chi connectivity index (χ0v) is 18.9. The molecule has 0 heterocycles. The molecule has 33 heavy (non-hydrogen) atoms. The van der Waals surface area contributed by atoms with Crippen LogP contribution < -0.4 is 0 Å². The van der Waals surface area contributed by atoms with E-state index in [2.05, 4.69) is 13.2 Å². The van der Waals surface area contributed by atoms with Crippen molar-refractivity contribution in [1.29, 1.82) is 0 Å². The molecule has 3 aromatic rings. The molecule has 1 nitrogen and oxygen atoms in total. The minimum Gasteiger partial charge on any atom is -0.491 e. The molecule has 3 rings (SSSR count). The van der Waals surface area contributed by atoms with Gasteiger partial charge in [0.05, 0.1) is 6.61 Å². The Bertz CT molecular complexity index is 1170. The zero-order chi connectivity index (χ0) is 24.0. The summed E-state index contributed by atoms with van der Waals surface area (Å²) in [6, 6.07) is 17.7. The number of allylic oxidation sites excluding steroid dienone is 3. The fourth-order valence-corrected chi connectivity index (χ4v) is 3.46. The van der Waals surface area contributed by atoms with E-state index in [1.54, 1.807) is 43.3 Å². The van der Waals surface area contributed by atoms with E-state index in [0.717, 1.165) is 11.1 Å². The van der Waals surface area contributed by atoms with E-state index in [1.807, 2.05) is 31.2 Å². The molecule has 0 fully saturated rings. The topological polar surface area (TPSA) is 9.23 Å². The van der Waals surface area contributed by atoms with E-state index < -0.39 is 17.5 Å². The molecule has 0 aliphatic carbocycles. The summed E-state index contributed by atoms with van der Waals surface area (Å²) >= 11 is 0. The van der Waals surface area contributed by atoms with Crippen molar-refractivity contribution in [3.63, 3.8) is 0 Å². The SMILES string of the molecule is C=C(/C=C(/F)C(=C)OCC)CCc1ccc(-c2ccc(-c3ccc(C)cc3)c(F)c2F)cc1. The van der Waals surface area contributed by atoms with Crippen molar-refractivity contribution in [2.45, 2.75) is 26.7 Å². The van der Waals surface area contributed by atoms with Crippen molar-refractivity contribution in [3.8, 4) is 22.3 Å². The number of hydrogen-bond donors (Lipinski definition) is 0. The first kappa shape index (κ1) is 24.1. The van der Waals surface area contributed by atoms with Gasteiger partial charge < -0.3 is 4.74 Å². The van der Waals surface area contributed by atoms with Gasteiger partial charge in [0, 0.05) is 11.1 Å². The molecule has 4 heteroatoms. The maximum atomic E-state index is 14.9.